The lowest BCUT2D eigenvalue weighted by molar-refractivity contribution is 0.0487. The van der Waals surface area contributed by atoms with Crippen molar-refractivity contribution in [3.8, 4) is 0 Å². The van der Waals surface area contributed by atoms with E-state index in [1.165, 1.54) is 58.3 Å². The van der Waals surface area contributed by atoms with Gasteiger partial charge in [-0.3, -0.25) is 14.8 Å². The fraction of sp³-hybridized carbons (Fsp3) is 0.650. The molecule has 4 heterocycles. The molecule has 6 heteroatoms. The Balaban J connectivity index is 1.17. The zero-order valence-electron chi connectivity index (χ0n) is 15.4. The number of pyridine rings is 1. The Hall–Kier alpha value is -1.79. The molecule has 3 fully saturated rings. The Morgan fingerprint density at radius 1 is 0.846 bits per heavy atom. The minimum absolute atomic E-state index is 0.676. The third kappa shape index (κ3) is 3.05. The normalized spacial score (nSPS) is 24.1. The molecule has 138 valence electrons. The molecule has 2 saturated heterocycles. The van der Waals surface area contributed by atoms with Crippen molar-refractivity contribution < 1.29 is 0 Å². The van der Waals surface area contributed by atoms with Crippen LogP contribution in [-0.4, -0.2) is 76.1 Å². The minimum Gasteiger partial charge on any atom is -0.353 e. The van der Waals surface area contributed by atoms with Crippen LogP contribution in [0.5, 0.6) is 0 Å². The Morgan fingerprint density at radius 3 is 2.35 bits per heavy atom. The zero-order valence-corrected chi connectivity index (χ0v) is 15.4. The number of rotatable bonds is 3. The standard InChI is InChI=1S/C20H28N6/c1-2-4-16(5-3-1)24-8-10-25(11-9-24)17-13-26(14-17)20-18-6-7-21-12-19(18)22-15-23-20/h6-7,12,15-17H,1-5,8-11,13-14H2. The molecule has 0 unspecified atom stereocenters. The summed E-state index contributed by atoms with van der Waals surface area (Å²) < 4.78 is 0. The molecule has 3 aliphatic rings. The lowest BCUT2D eigenvalue weighted by atomic mass is 9.93. The smallest absolute Gasteiger partial charge is 0.140 e. The van der Waals surface area contributed by atoms with Gasteiger partial charge >= 0.3 is 0 Å². The van der Waals surface area contributed by atoms with E-state index in [4.69, 9.17) is 0 Å². The lowest BCUT2D eigenvalue weighted by Crippen LogP contribution is -2.64. The topological polar surface area (TPSA) is 48.4 Å². The highest BCUT2D eigenvalue weighted by atomic mass is 15.4. The van der Waals surface area contributed by atoms with Crippen molar-refractivity contribution in [2.24, 2.45) is 0 Å². The van der Waals surface area contributed by atoms with Gasteiger partial charge < -0.3 is 4.90 Å². The average molecular weight is 352 g/mol. The maximum Gasteiger partial charge on any atom is 0.140 e. The molecule has 5 rings (SSSR count). The first kappa shape index (κ1) is 16.4. The summed E-state index contributed by atoms with van der Waals surface area (Å²) in [7, 11) is 0. The van der Waals surface area contributed by atoms with Crippen LogP contribution in [0, 0.1) is 0 Å². The molecule has 0 bridgehead atoms. The Labute approximate surface area is 155 Å². The fourth-order valence-corrected chi connectivity index (χ4v) is 4.92. The Kier molecular flexibility index (Phi) is 4.46. The molecule has 1 aliphatic carbocycles. The van der Waals surface area contributed by atoms with Crippen LogP contribution in [0.15, 0.2) is 24.8 Å². The second kappa shape index (κ2) is 7.08. The van der Waals surface area contributed by atoms with Gasteiger partial charge in [0.15, 0.2) is 0 Å². The van der Waals surface area contributed by atoms with Gasteiger partial charge in [0.1, 0.15) is 12.1 Å². The summed E-state index contributed by atoms with van der Waals surface area (Å²) in [6.07, 6.45) is 12.5. The molecular formula is C20H28N6. The molecule has 0 atom stereocenters. The predicted molar refractivity (Wildman–Crippen MR) is 103 cm³/mol. The van der Waals surface area contributed by atoms with Crippen LogP contribution in [0.3, 0.4) is 0 Å². The van der Waals surface area contributed by atoms with Crippen LogP contribution < -0.4 is 4.90 Å². The summed E-state index contributed by atoms with van der Waals surface area (Å²) in [6, 6.07) is 3.57. The number of nitrogens with zero attached hydrogens (tertiary/aromatic N) is 6. The molecule has 0 N–H and O–H groups in total. The van der Waals surface area contributed by atoms with Gasteiger partial charge in [-0.1, -0.05) is 19.3 Å². The molecule has 0 amide bonds. The van der Waals surface area contributed by atoms with Gasteiger partial charge in [0.2, 0.25) is 0 Å². The number of piperazine rings is 1. The summed E-state index contributed by atoms with van der Waals surface area (Å²) in [6.45, 7) is 7.12. The molecular weight excluding hydrogens is 324 g/mol. The first-order chi connectivity index (χ1) is 12.9. The van der Waals surface area contributed by atoms with Crippen LogP contribution in [-0.2, 0) is 0 Å². The summed E-state index contributed by atoms with van der Waals surface area (Å²) in [5.74, 6) is 1.06. The molecule has 6 nitrogen and oxygen atoms in total. The fourth-order valence-electron chi connectivity index (χ4n) is 4.92. The van der Waals surface area contributed by atoms with Crippen molar-refractivity contribution in [3.05, 3.63) is 24.8 Å². The summed E-state index contributed by atoms with van der Waals surface area (Å²) in [4.78, 5) is 20.9. The van der Waals surface area contributed by atoms with E-state index < -0.39 is 0 Å². The maximum absolute atomic E-state index is 4.54. The van der Waals surface area contributed by atoms with E-state index in [0.717, 1.165) is 35.9 Å². The van der Waals surface area contributed by atoms with Crippen molar-refractivity contribution in [2.45, 2.75) is 44.2 Å². The van der Waals surface area contributed by atoms with Crippen molar-refractivity contribution in [1.82, 2.24) is 24.8 Å². The van der Waals surface area contributed by atoms with E-state index in [0.29, 0.717) is 6.04 Å². The summed E-state index contributed by atoms with van der Waals surface area (Å²) >= 11 is 0. The largest absolute Gasteiger partial charge is 0.353 e. The monoisotopic (exact) mass is 352 g/mol. The first-order valence-electron chi connectivity index (χ1n) is 10.2. The number of fused-ring (bicyclic) bond motifs is 1. The lowest BCUT2D eigenvalue weighted by Gasteiger charge is -2.50. The highest BCUT2D eigenvalue weighted by Gasteiger charge is 2.35. The van der Waals surface area contributed by atoms with Crippen molar-refractivity contribution in [1.29, 1.82) is 0 Å². The molecule has 26 heavy (non-hydrogen) atoms. The Morgan fingerprint density at radius 2 is 1.58 bits per heavy atom. The van der Waals surface area contributed by atoms with E-state index in [2.05, 4.69) is 29.7 Å². The molecule has 2 aromatic rings. The number of anilines is 1. The highest BCUT2D eigenvalue weighted by Crippen LogP contribution is 2.29. The quantitative estimate of drug-likeness (QED) is 0.844. The zero-order chi connectivity index (χ0) is 17.3. The van der Waals surface area contributed by atoms with Crippen molar-refractivity contribution in [2.75, 3.05) is 44.2 Å². The van der Waals surface area contributed by atoms with Gasteiger partial charge in [-0.25, -0.2) is 9.97 Å². The van der Waals surface area contributed by atoms with E-state index in [-0.39, 0.29) is 0 Å². The summed E-state index contributed by atoms with van der Waals surface area (Å²) in [5.41, 5.74) is 0.932. The number of hydrogen-bond acceptors (Lipinski definition) is 6. The average Bonchev–Trinajstić information content (AvgIpc) is 2.68. The van der Waals surface area contributed by atoms with Gasteiger partial charge in [-0.05, 0) is 18.9 Å². The second-order valence-corrected chi connectivity index (χ2v) is 8.01. The van der Waals surface area contributed by atoms with Gasteiger partial charge in [-0.2, -0.15) is 0 Å². The second-order valence-electron chi connectivity index (χ2n) is 8.01. The van der Waals surface area contributed by atoms with Crippen LogP contribution >= 0.6 is 0 Å². The van der Waals surface area contributed by atoms with Gasteiger partial charge in [-0.15, -0.1) is 0 Å². The van der Waals surface area contributed by atoms with Crippen molar-refractivity contribution >= 4 is 16.7 Å². The van der Waals surface area contributed by atoms with E-state index in [9.17, 15) is 0 Å². The van der Waals surface area contributed by atoms with E-state index in [1.54, 1.807) is 6.33 Å². The number of hydrogen-bond donors (Lipinski definition) is 0. The van der Waals surface area contributed by atoms with Crippen LogP contribution in [0.2, 0.25) is 0 Å². The van der Waals surface area contributed by atoms with Gasteiger partial charge in [0, 0.05) is 62.9 Å². The van der Waals surface area contributed by atoms with Crippen LogP contribution in [0.25, 0.3) is 10.9 Å². The van der Waals surface area contributed by atoms with Crippen LogP contribution in [0.1, 0.15) is 32.1 Å². The highest BCUT2D eigenvalue weighted by molar-refractivity contribution is 5.88. The predicted octanol–water partition coefficient (Wildman–Crippen LogP) is 2.16. The molecule has 1 saturated carbocycles. The van der Waals surface area contributed by atoms with Gasteiger partial charge in [0.25, 0.3) is 0 Å². The van der Waals surface area contributed by atoms with Crippen LogP contribution in [0.4, 0.5) is 5.82 Å². The molecule has 0 radical (unpaired) electrons. The minimum atomic E-state index is 0.676. The molecule has 0 spiro atoms. The van der Waals surface area contributed by atoms with Crippen molar-refractivity contribution in [3.63, 3.8) is 0 Å². The summed E-state index contributed by atoms with van der Waals surface area (Å²) in [5, 5.41) is 1.11. The third-order valence-electron chi connectivity index (χ3n) is 6.54. The van der Waals surface area contributed by atoms with E-state index in [1.807, 2.05) is 18.5 Å². The molecule has 2 aliphatic heterocycles. The first-order valence-corrected chi connectivity index (χ1v) is 10.2. The van der Waals surface area contributed by atoms with E-state index >= 15 is 0 Å². The number of aromatic nitrogens is 3. The maximum atomic E-state index is 4.54. The third-order valence-corrected chi connectivity index (χ3v) is 6.54. The molecule has 2 aromatic heterocycles. The Bertz CT molecular complexity index is 740. The molecule has 0 aromatic carbocycles. The van der Waals surface area contributed by atoms with Gasteiger partial charge in [0.05, 0.1) is 11.7 Å². The SMILES string of the molecule is c1cc2c(N3CC(N4CCN(C5CCCCC5)CC4)C3)ncnc2cn1.